The van der Waals surface area contributed by atoms with Crippen molar-refractivity contribution in [2.24, 2.45) is 4.99 Å². The lowest BCUT2D eigenvalue weighted by Gasteiger charge is -2.47. The topological polar surface area (TPSA) is 102 Å². The van der Waals surface area contributed by atoms with Crippen LogP contribution in [0.1, 0.15) is 11.1 Å². The number of benzene rings is 3. The van der Waals surface area contributed by atoms with E-state index in [0.717, 1.165) is 4.90 Å². The van der Waals surface area contributed by atoms with Gasteiger partial charge in [-0.15, -0.1) is 11.6 Å². The number of likely N-dealkylation sites (tertiary alicyclic amines) is 1. The van der Waals surface area contributed by atoms with Crippen LogP contribution in [0.4, 0.5) is 0 Å². The molecule has 0 aromatic heterocycles. The van der Waals surface area contributed by atoms with E-state index in [0.29, 0.717) is 27.7 Å². The van der Waals surface area contributed by atoms with E-state index in [1.807, 2.05) is 0 Å². The molecule has 1 amide bonds. The number of alkyl halides is 3. The molecule has 1 fully saturated rings. The number of carbonyl (C=O) groups excluding carboxylic acids is 2. The first-order valence-corrected chi connectivity index (χ1v) is 17.5. The van der Waals surface area contributed by atoms with E-state index in [1.54, 1.807) is 72.8 Å². The molecule has 44 heavy (non-hydrogen) atoms. The van der Waals surface area contributed by atoms with Gasteiger partial charge in [0, 0.05) is 16.7 Å². The molecule has 1 aliphatic rings. The summed E-state index contributed by atoms with van der Waals surface area (Å²) in [6.45, 7) is 3.72. The molecule has 3 aromatic carbocycles. The molecule has 1 aliphatic heterocycles. The van der Waals surface area contributed by atoms with Gasteiger partial charge in [0.2, 0.25) is 8.87 Å². The van der Waals surface area contributed by atoms with Crippen LogP contribution < -0.4 is 4.74 Å². The van der Waals surface area contributed by atoms with Crippen molar-refractivity contribution in [2.75, 3.05) is 13.0 Å². The van der Waals surface area contributed by atoms with Crippen molar-refractivity contribution in [1.82, 2.24) is 4.90 Å². The molecular weight excluding hydrogens is 690 g/mol. The summed E-state index contributed by atoms with van der Waals surface area (Å²) in [7, 11) is -2.12. The van der Waals surface area contributed by atoms with Crippen molar-refractivity contribution < 1.29 is 27.5 Å². The van der Waals surface area contributed by atoms with Crippen molar-refractivity contribution in [1.29, 1.82) is 0 Å². The second-order valence-electron chi connectivity index (χ2n) is 9.45. The second-order valence-corrected chi connectivity index (χ2v) is 15.4. The van der Waals surface area contributed by atoms with Gasteiger partial charge in [-0.05, 0) is 41.0 Å². The Morgan fingerprint density at radius 1 is 1.05 bits per heavy atom. The summed E-state index contributed by atoms with van der Waals surface area (Å²) >= 11 is 25.6. The first-order valence-electron chi connectivity index (χ1n) is 12.9. The van der Waals surface area contributed by atoms with Crippen molar-refractivity contribution >= 4 is 83.1 Å². The minimum Gasteiger partial charge on any atom is -0.497 e. The van der Waals surface area contributed by atoms with E-state index in [-0.39, 0.29) is 28.1 Å². The Morgan fingerprint density at radius 2 is 1.64 bits per heavy atom. The van der Waals surface area contributed by atoms with Crippen molar-refractivity contribution in [3.63, 3.8) is 0 Å². The molecule has 1 saturated heterocycles. The molecule has 0 radical (unpaired) electrons. The quantitative estimate of drug-likeness (QED) is 0.0496. The van der Waals surface area contributed by atoms with Crippen LogP contribution in [0.2, 0.25) is 0 Å². The largest absolute Gasteiger partial charge is 0.497 e. The lowest BCUT2D eigenvalue weighted by atomic mass is 9.99. The van der Waals surface area contributed by atoms with Gasteiger partial charge in [-0.3, -0.25) is 9.79 Å². The van der Waals surface area contributed by atoms with Gasteiger partial charge in [0.05, 0.1) is 12.0 Å². The summed E-state index contributed by atoms with van der Waals surface area (Å²) in [6.07, 6.45) is 0. The lowest BCUT2D eigenvalue weighted by molar-refractivity contribution is -0.161. The monoisotopic (exact) mass is 714 g/mol. The van der Waals surface area contributed by atoms with E-state index in [4.69, 9.17) is 55.9 Å². The fourth-order valence-corrected chi connectivity index (χ4v) is 8.42. The Labute approximate surface area is 279 Å². The van der Waals surface area contributed by atoms with E-state index in [1.165, 1.54) is 19.2 Å². The first kappa shape index (κ1) is 34.1. The molecule has 14 heteroatoms. The highest BCUT2D eigenvalue weighted by atomic mass is 35.5. The fraction of sp³-hybridized carbons (Fsp3) is 0.233. The molecule has 1 heterocycles. The molecule has 4 rings (SSSR count). The number of aliphatic imine (C=N–C) groups is 1. The number of methoxy groups -OCH3 is 1. The first-order chi connectivity index (χ1) is 20.9. The molecule has 8 nitrogen and oxygen atoms in total. The summed E-state index contributed by atoms with van der Waals surface area (Å²) in [5.74, 6) is -1.18. The Hall–Kier alpha value is -2.73. The molecular formula is C30H26Cl4N2O6S2. The average Bonchev–Trinajstić information content (AvgIpc) is 3.04. The average molecular weight is 716 g/mol. The number of amides is 1. The highest BCUT2D eigenvalue weighted by Crippen LogP contribution is 2.43. The van der Waals surface area contributed by atoms with E-state index >= 15 is 0 Å². The van der Waals surface area contributed by atoms with Crippen molar-refractivity contribution in [3.05, 3.63) is 108 Å². The van der Waals surface area contributed by atoms with Gasteiger partial charge in [-0.2, -0.15) is 0 Å². The van der Waals surface area contributed by atoms with Crippen LogP contribution in [0.15, 0.2) is 107 Å². The van der Waals surface area contributed by atoms with Gasteiger partial charge in [0.15, 0.2) is 16.4 Å². The molecule has 0 aliphatic carbocycles. The molecule has 3 aromatic rings. The standard InChI is InChI=1S/C30H26Cl4N2O6S2/c1-19(17-31)25(28(38)42-18-20-13-15-22(41-2)16-14-20)36-26(37)24(27(36)43-44(39,40)23-11-7-4-8-12-23)35-29(32)30(33,34)21-9-5-3-6-10-21/h3-16,24-25,27H,1,17-18H2,2H3. The zero-order valence-electron chi connectivity index (χ0n) is 23.1. The summed E-state index contributed by atoms with van der Waals surface area (Å²) in [4.78, 5) is 32.4. The van der Waals surface area contributed by atoms with E-state index in [9.17, 15) is 18.0 Å². The lowest BCUT2D eigenvalue weighted by Crippen LogP contribution is -2.68. The molecule has 232 valence electrons. The van der Waals surface area contributed by atoms with Gasteiger partial charge < -0.3 is 14.4 Å². The van der Waals surface area contributed by atoms with Crippen LogP contribution in [-0.4, -0.2) is 60.8 Å². The van der Waals surface area contributed by atoms with Gasteiger partial charge in [0.25, 0.3) is 5.91 Å². The zero-order valence-corrected chi connectivity index (χ0v) is 27.8. The Morgan fingerprint density at radius 3 is 2.20 bits per heavy atom. The van der Waals surface area contributed by atoms with Crippen LogP contribution in [0.3, 0.4) is 0 Å². The summed E-state index contributed by atoms with van der Waals surface area (Å²) in [5.41, 5.74) is 1.15. The number of hydrogen-bond acceptors (Lipinski definition) is 8. The normalized spacial score (nSPS) is 17.9. The van der Waals surface area contributed by atoms with Gasteiger partial charge in [-0.1, -0.05) is 102 Å². The predicted molar refractivity (Wildman–Crippen MR) is 175 cm³/mol. The fourth-order valence-electron chi connectivity index (χ4n) is 4.21. The molecule has 0 N–H and O–H groups in total. The number of rotatable bonds is 13. The minimum absolute atomic E-state index is 0.0127. The minimum atomic E-state index is -4.07. The van der Waals surface area contributed by atoms with Gasteiger partial charge >= 0.3 is 5.97 Å². The maximum Gasteiger partial charge on any atom is 0.333 e. The number of hydrogen-bond donors (Lipinski definition) is 0. The SMILES string of the molecule is C=C(CCl)C(C(=O)OCc1ccc(OC)cc1)N1C(=O)C(N=C(Cl)C(Cl)(Cl)c2ccccc2)C1SS(=O)(=O)c1ccccc1. The predicted octanol–water partition coefficient (Wildman–Crippen LogP) is 6.53. The van der Waals surface area contributed by atoms with E-state index < -0.39 is 42.5 Å². The number of β-lactam (4-membered cyclic amide) rings is 1. The Bertz CT molecular complexity index is 1640. The number of esters is 1. The van der Waals surface area contributed by atoms with Crippen LogP contribution in [-0.2, 0) is 34.1 Å². The summed E-state index contributed by atoms with van der Waals surface area (Å²) in [5, 5.41) is -1.61. The highest BCUT2D eigenvalue weighted by molar-refractivity contribution is 8.72. The van der Waals surface area contributed by atoms with Crippen LogP contribution in [0.25, 0.3) is 0 Å². The summed E-state index contributed by atoms with van der Waals surface area (Å²) in [6, 6.07) is 20.0. The number of ether oxygens (including phenoxy) is 2. The van der Waals surface area contributed by atoms with Crippen LogP contribution in [0, 0.1) is 0 Å². The third-order valence-electron chi connectivity index (χ3n) is 6.56. The molecule has 3 atom stereocenters. The van der Waals surface area contributed by atoms with Crippen molar-refractivity contribution in [3.8, 4) is 5.75 Å². The highest BCUT2D eigenvalue weighted by Gasteiger charge is 2.56. The van der Waals surface area contributed by atoms with Crippen molar-refractivity contribution in [2.45, 2.75) is 33.3 Å². The Kier molecular flexibility index (Phi) is 11.3. The number of nitrogens with zero attached hydrogens (tertiary/aromatic N) is 2. The van der Waals surface area contributed by atoms with Crippen LogP contribution in [0.5, 0.6) is 5.75 Å². The molecule has 3 unspecified atom stereocenters. The third-order valence-corrected chi connectivity index (χ3v) is 12.0. The maximum absolute atomic E-state index is 13.7. The van der Waals surface area contributed by atoms with Crippen LogP contribution >= 0.6 is 57.2 Å². The molecule has 0 bridgehead atoms. The maximum atomic E-state index is 13.7. The molecule has 0 saturated carbocycles. The third kappa shape index (κ3) is 7.55. The second kappa shape index (κ2) is 14.6. The summed E-state index contributed by atoms with van der Waals surface area (Å²) < 4.78 is 35.7. The number of carbonyl (C=O) groups is 2. The number of halogens is 4. The Balaban J connectivity index is 1.67. The van der Waals surface area contributed by atoms with E-state index in [2.05, 4.69) is 11.6 Å². The van der Waals surface area contributed by atoms with Gasteiger partial charge in [-0.25, -0.2) is 13.2 Å². The molecule has 0 spiro atoms. The van der Waals surface area contributed by atoms with Gasteiger partial charge in [0.1, 0.15) is 22.9 Å². The zero-order chi connectivity index (χ0) is 32.1. The smallest absolute Gasteiger partial charge is 0.333 e.